The van der Waals surface area contributed by atoms with Gasteiger partial charge in [0.25, 0.3) is 0 Å². The third-order valence-electron chi connectivity index (χ3n) is 4.97. The van der Waals surface area contributed by atoms with Crippen LogP contribution in [-0.2, 0) is 17.6 Å². The zero-order valence-electron chi connectivity index (χ0n) is 16.0. The average Bonchev–Trinajstić information content (AvgIpc) is 2.68. The minimum atomic E-state index is -0.498. The van der Waals surface area contributed by atoms with E-state index < -0.39 is 5.82 Å². The normalized spacial score (nSPS) is 15.8. The molecule has 144 valence electrons. The molecule has 1 aliphatic rings. The van der Waals surface area contributed by atoms with Gasteiger partial charge < -0.3 is 15.0 Å². The average molecular weight is 372 g/mol. The maximum atomic E-state index is 13.8. The van der Waals surface area contributed by atoms with Crippen molar-refractivity contribution < 1.29 is 13.9 Å². The number of carbonyl (C=O) groups excluding carboxylic acids is 1. The van der Waals surface area contributed by atoms with Gasteiger partial charge in [0.15, 0.2) is 11.6 Å². The monoisotopic (exact) mass is 372 g/mol. The first-order valence-electron chi connectivity index (χ1n) is 9.29. The van der Waals surface area contributed by atoms with Crippen LogP contribution < -0.4 is 15.0 Å². The van der Waals surface area contributed by atoms with Crippen LogP contribution in [0.1, 0.15) is 31.5 Å². The summed E-state index contributed by atoms with van der Waals surface area (Å²) in [5, 5.41) is 2.80. The molecule has 0 saturated carbocycles. The Hall–Kier alpha value is -2.70. The van der Waals surface area contributed by atoms with E-state index >= 15 is 0 Å². The van der Waals surface area contributed by atoms with E-state index in [2.05, 4.69) is 34.0 Å². The second kappa shape index (κ2) is 8.33. The first kappa shape index (κ1) is 19.1. The molecule has 1 atom stereocenters. The minimum Gasteiger partial charge on any atom is -0.494 e. The lowest BCUT2D eigenvalue weighted by atomic mass is 9.86. The van der Waals surface area contributed by atoms with Gasteiger partial charge >= 0.3 is 0 Å². The van der Waals surface area contributed by atoms with Gasteiger partial charge in [0.05, 0.1) is 7.11 Å². The maximum Gasteiger partial charge on any atom is 0.227 e. The Bertz CT molecular complexity index is 824. The van der Waals surface area contributed by atoms with Gasteiger partial charge in [-0.05, 0) is 50.8 Å². The van der Waals surface area contributed by atoms with Crippen LogP contribution in [-0.4, -0.2) is 36.1 Å². The van der Waals surface area contributed by atoms with Gasteiger partial charge in [-0.3, -0.25) is 4.79 Å². The number of nitrogens with zero attached hydrogens (tertiary/aromatic N) is 3. The molecule has 1 N–H and O–H groups in total. The smallest absolute Gasteiger partial charge is 0.227 e. The molecule has 0 saturated heterocycles. The molecule has 6 nitrogen and oxygen atoms in total. The van der Waals surface area contributed by atoms with Gasteiger partial charge in [0.2, 0.25) is 11.9 Å². The quantitative estimate of drug-likeness (QED) is 0.843. The second-order valence-corrected chi connectivity index (χ2v) is 6.59. The molecule has 1 aromatic carbocycles. The molecular formula is C20H25FN4O2. The van der Waals surface area contributed by atoms with Gasteiger partial charge in [-0.15, -0.1) is 0 Å². The Morgan fingerprint density at radius 1 is 1.37 bits per heavy atom. The van der Waals surface area contributed by atoms with E-state index in [1.54, 1.807) is 6.07 Å². The number of aromatic nitrogens is 2. The number of ether oxygens (including phenoxy) is 1. The van der Waals surface area contributed by atoms with Crippen LogP contribution in [0.25, 0.3) is 0 Å². The summed E-state index contributed by atoms with van der Waals surface area (Å²) in [5.41, 5.74) is 2.46. The first-order chi connectivity index (χ1) is 13.0. The van der Waals surface area contributed by atoms with Crippen LogP contribution in [0.4, 0.5) is 16.0 Å². The molecule has 2 aromatic rings. The van der Waals surface area contributed by atoms with E-state index in [0.717, 1.165) is 36.7 Å². The van der Waals surface area contributed by atoms with Crippen molar-refractivity contribution >= 4 is 17.5 Å². The summed E-state index contributed by atoms with van der Waals surface area (Å²) in [4.78, 5) is 23.9. The fraction of sp³-hybridized carbons (Fsp3) is 0.450. The molecule has 3 rings (SSSR count). The number of benzene rings is 1. The van der Waals surface area contributed by atoms with Crippen molar-refractivity contribution in [3.05, 3.63) is 41.5 Å². The predicted octanol–water partition coefficient (Wildman–Crippen LogP) is 3.21. The summed E-state index contributed by atoms with van der Waals surface area (Å²) in [6, 6.07) is 4.41. The molecule has 1 amide bonds. The number of nitrogens with one attached hydrogen (secondary N) is 1. The Balaban J connectivity index is 1.68. The SMILES string of the molecule is CCN(CC)c1ncc2c(n1)CCC(C(=O)Nc1ccc(OC)c(F)c1)C2. The lowest BCUT2D eigenvalue weighted by Crippen LogP contribution is -2.30. The number of carbonyl (C=O) groups is 1. The molecule has 1 unspecified atom stereocenters. The molecule has 0 aliphatic heterocycles. The Labute approximate surface area is 158 Å². The summed E-state index contributed by atoms with van der Waals surface area (Å²) in [6.45, 7) is 5.88. The number of rotatable bonds is 6. The minimum absolute atomic E-state index is 0.113. The van der Waals surface area contributed by atoms with Crippen LogP contribution in [0.5, 0.6) is 5.75 Å². The van der Waals surface area contributed by atoms with Crippen LogP contribution in [0.3, 0.4) is 0 Å². The summed E-state index contributed by atoms with van der Waals surface area (Å²) >= 11 is 0. The van der Waals surface area contributed by atoms with Crippen LogP contribution in [0, 0.1) is 11.7 Å². The predicted molar refractivity (Wildman–Crippen MR) is 103 cm³/mol. The van der Waals surface area contributed by atoms with Crippen molar-refractivity contribution in [2.45, 2.75) is 33.1 Å². The molecule has 0 spiro atoms. The van der Waals surface area contributed by atoms with Crippen molar-refractivity contribution in [1.29, 1.82) is 0 Å². The number of fused-ring (bicyclic) bond motifs is 1. The number of halogens is 1. The topological polar surface area (TPSA) is 67.4 Å². The Morgan fingerprint density at radius 3 is 2.81 bits per heavy atom. The number of methoxy groups -OCH3 is 1. The Kier molecular flexibility index (Phi) is 5.88. The highest BCUT2D eigenvalue weighted by Gasteiger charge is 2.26. The summed E-state index contributed by atoms with van der Waals surface area (Å²) in [6.07, 6.45) is 3.88. The summed E-state index contributed by atoms with van der Waals surface area (Å²) in [5.74, 6) is 0.112. The third-order valence-corrected chi connectivity index (χ3v) is 4.97. The summed E-state index contributed by atoms with van der Waals surface area (Å²) < 4.78 is 18.7. The van der Waals surface area contributed by atoms with Gasteiger partial charge in [-0.1, -0.05) is 0 Å². The van der Waals surface area contributed by atoms with E-state index in [1.165, 1.54) is 19.2 Å². The standard InChI is InChI=1S/C20H25FN4O2/c1-4-25(5-2)20-22-12-14-10-13(6-8-17(14)24-20)19(26)23-15-7-9-18(27-3)16(21)11-15/h7,9,11-13H,4-6,8,10H2,1-3H3,(H,23,26). The van der Waals surface area contributed by atoms with Crippen LogP contribution in [0.15, 0.2) is 24.4 Å². The lowest BCUT2D eigenvalue weighted by Gasteiger charge is -2.25. The third kappa shape index (κ3) is 4.18. The largest absolute Gasteiger partial charge is 0.494 e. The molecule has 27 heavy (non-hydrogen) atoms. The van der Waals surface area contributed by atoms with E-state index in [9.17, 15) is 9.18 Å². The molecular weight excluding hydrogens is 347 g/mol. The fourth-order valence-corrected chi connectivity index (χ4v) is 3.37. The first-order valence-corrected chi connectivity index (χ1v) is 9.29. The van der Waals surface area contributed by atoms with E-state index in [4.69, 9.17) is 4.74 Å². The molecule has 1 aromatic heterocycles. The summed E-state index contributed by atoms with van der Waals surface area (Å²) in [7, 11) is 1.41. The molecule has 7 heteroatoms. The van der Waals surface area contributed by atoms with E-state index in [1.807, 2.05) is 6.20 Å². The lowest BCUT2D eigenvalue weighted by molar-refractivity contribution is -0.120. The molecule has 1 aliphatic carbocycles. The van der Waals surface area contributed by atoms with Crippen molar-refractivity contribution in [3.63, 3.8) is 0 Å². The van der Waals surface area contributed by atoms with Crippen molar-refractivity contribution in [2.75, 3.05) is 30.4 Å². The van der Waals surface area contributed by atoms with Crippen molar-refractivity contribution in [1.82, 2.24) is 9.97 Å². The second-order valence-electron chi connectivity index (χ2n) is 6.59. The number of anilines is 2. The Morgan fingerprint density at radius 2 is 2.15 bits per heavy atom. The highest BCUT2D eigenvalue weighted by molar-refractivity contribution is 5.93. The highest BCUT2D eigenvalue weighted by atomic mass is 19.1. The molecule has 0 bridgehead atoms. The van der Waals surface area contributed by atoms with Gasteiger partial charge in [0.1, 0.15) is 0 Å². The fourth-order valence-electron chi connectivity index (χ4n) is 3.37. The number of hydrogen-bond donors (Lipinski definition) is 1. The van der Waals surface area contributed by atoms with Gasteiger partial charge in [-0.2, -0.15) is 0 Å². The van der Waals surface area contributed by atoms with Crippen LogP contribution >= 0.6 is 0 Å². The molecule has 0 fully saturated rings. The zero-order valence-corrected chi connectivity index (χ0v) is 16.0. The highest BCUT2D eigenvalue weighted by Crippen LogP contribution is 2.27. The van der Waals surface area contributed by atoms with Gasteiger partial charge in [0, 0.05) is 42.7 Å². The number of amides is 1. The number of aryl methyl sites for hydroxylation is 1. The van der Waals surface area contributed by atoms with Crippen LogP contribution in [0.2, 0.25) is 0 Å². The van der Waals surface area contributed by atoms with Crippen molar-refractivity contribution in [2.24, 2.45) is 5.92 Å². The number of hydrogen-bond acceptors (Lipinski definition) is 5. The maximum absolute atomic E-state index is 13.8. The van der Waals surface area contributed by atoms with E-state index in [-0.39, 0.29) is 17.6 Å². The van der Waals surface area contributed by atoms with E-state index in [0.29, 0.717) is 18.5 Å². The zero-order chi connectivity index (χ0) is 19.4. The van der Waals surface area contributed by atoms with Crippen molar-refractivity contribution in [3.8, 4) is 5.75 Å². The molecule has 1 heterocycles. The molecule has 0 radical (unpaired) electrons. The van der Waals surface area contributed by atoms with Gasteiger partial charge in [-0.25, -0.2) is 14.4 Å².